The fraction of sp³-hybridized carbons (Fsp3) is 0.357. The van der Waals surface area contributed by atoms with Crippen LogP contribution >= 0.6 is 0 Å². The Morgan fingerprint density at radius 1 is 1.43 bits per heavy atom. The second kappa shape index (κ2) is 6.73. The molecule has 2 N–H and O–H groups in total. The van der Waals surface area contributed by atoms with Gasteiger partial charge in [-0.3, -0.25) is 0 Å². The summed E-state index contributed by atoms with van der Waals surface area (Å²) in [5, 5.41) is 0. The van der Waals surface area contributed by atoms with Crippen LogP contribution in [-0.4, -0.2) is 38.9 Å². The Kier molecular flexibility index (Phi) is 5.51. The van der Waals surface area contributed by atoms with Gasteiger partial charge in [-0.25, -0.2) is 13.2 Å². The number of hydrogen-bond acceptors (Lipinski definition) is 5. The van der Waals surface area contributed by atoms with Crippen molar-refractivity contribution in [2.45, 2.75) is 18.7 Å². The quantitative estimate of drug-likeness (QED) is 0.490. The Bertz CT molecular complexity index is 653. The molecule has 0 aromatic heterocycles. The first-order valence-electron chi connectivity index (χ1n) is 6.36. The van der Waals surface area contributed by atoms with Crippen molar-refractivity contribution in [1.82, 2.24) is 4.31 Å². The Morgan fingerprint density at radius 3 is 2.48 bits per heavy atom. The van der Waals surface area contributed by atoms with Gasteiger partial charge in [0.25, 0.3) is 0 Å². The minimum Gasteiger partial charge on any atom is -0.465 e. The summed E-state index contributed by atoms with van der Waals surface area (Å²) in [6.45, 7) is 7.73. The number of sulfonamides is 1. The van der Waals surface area contributed by atoms with E-state index >= 15 is 0 Å². The van der Waals surface area contributed by atoms with Gasteiger partial charge in [-0.05, 0) is 25.1 Å². The van der Waals surface area contributed by atoms with Crippen molar-refractivity contribution in [1.29, 1.82) is 0 Å². The molecule has 1 rings (SSSR count). The number of carbonyl (C=O) groups is 1. The minimum absolute atomic E-state index is 0.0121. The number of likely N-dealkylation sites (N-methyl/N-ethyl adjacent to an activating group) is 1. The van der Waals surface area contributed by atoms with Crippen molar-refractivity contribution in [2.24, 2.45) is 0 Å². The molecule has 0 saturated carbocycles. The molecule has 1 aromatic rings. The molecule has 0 amide bonds. The highest BCUT2D eigenvalue weighted by molar-refractivity contribution is 7.89. The molecule has 0 aliphatic heterocycles. The number of hydrogen-bond donors (Lipinski definition) is 1. The average molecular weight is 312 g/mol. The maximum Gasteiger partial charge on any atom is 0.337 e. The highest BCUT2D eigenvalue weighted by Crippen LogP contribution is 2.24. The normalized spacial score (nSPS) is 11.4. The molecule has 6 nitrogen and oxygen atoms in total. The third kappa shape index (κ3) is 3.83. The summed E-state index contributed by atoms with van der Waals surface area (Å²) >= 11 is 0. The Morgan fingerprint density at radius 2 is 2.05 bits per heavy atom. The van der Waals surface area contributed by atoms with Gasteiger partial charge in [0, 0.05) is 13.1 Å². The summed E-state index contributed by atoms with van der Waals surface area (Å²) in [4.78, 5) is 11.4. The maximum atomic E-state index is 12.6. The first kappa shape index (κ1) is 17.2. The van der Waals surface area contributed by atoms with E-state index in [4.69, 9.17) is 5.73 Å². The third-order valence-electron chi connectivity index (χ3n) is 2.85. The van der Waals surface area contributed by atoms with Gasteiger partial charge in [-0.15, -0.1) is 0 Å². The van der Waals surface area contributed by atoms with Gasteiger partial charge < -0.3 is 10.5 Å². The predicted molar refractivity (Wildman–Crippen MR) is 81.4 cm³/mol. The lowest BCUT2D eigenvalue weighted by molar-refractivity contribution is 0.0600. The number of esters is 1. The predicted octanol–water partition coefficient (Wildman–Crippen LogP) is 1.64. The number of nitrogens with two attached hydrogens (primary N) is 1. The molecule has 0 spiro atoms. The summed E-state index contributed by atoms with van der Waals surface area (Å²) < 4.78 is 31.0. The molecule has 0 unspecified atom stereocenters. The van der Waals surface area contributed by atoms with Crippen LogP contribution in [0.4, 0.5) is 5.69 Å². The standard InChI is InChI=1S/C14H20N2O4S/c1-5-16(9-10(2)3)21(18,19)13-7-6-11(8-12(13)15)14(17)20-4/h6-8H,2,5,9,15H2,1,3-4H3. The number of carbonyl (C=O) groups excluding carboxylic acids is 1. The van der Waals surface area contributed by atoms with Crippen molar-refractivity contribution >= 4 is 21.7 Å². The molecule has 21 heavy (non-hydrogen) atoms. The van der Waals surface area contributed by atoms with E-state index in [1.807, 2.05) is 0 Å². The van der Waals surface area contributed by atoms with Crippen molar-refractivity contribution in [3.63, 3.8) is 0 Å². The lowest BCUT2D eigenvalue weighted by Gasteiger charge is -2.21. The van der Waals surface area contributed by atoms with Crippen LogP contribution in [0.1, 0.15) is 24.2 Å². The first-order valence-corrected chi connectivity index (χ1v) is 7.80. The van der Waals surface area contributed by atoms with E-state index in [0.717, 1.165) is 5.57 Å². The topological polar surface area (TPSA) is 89.7 Å². The second-order valence-electron chi connectivity index (χ2n) is 4.63. The monoisotopic (exact) mass is 312 g/mol. The summed E-state index contributed by atoms with van der Waals surface area (Å²) in [6, 6.07) is 4.00. The van der Waals surface area contributed by atoms with Crippen LogP contribution in [-0.2, 0) is 14.8 Å². The molecule has 0 saturated heterocycles. The number of ether oxygens (including phenoxy) is 1. The van der Waals surface area contributed by atoms with Gasteiger partial charge >= 0.3 is 5.97 Å². The van der Waals surface area contributed by atoms with Gasteiger partial charge in [-0.2, -0.15) is 4.31 Å². The van der Waals surface area contributed by atoms with Crippen LogP contribution in [0.25, 0.3) is 0 Å². The van der Waals surface area contributed by atoms with E-state index in [0.29, 0.717) is 6.54 Å². The molecule has 116 valence electrons. The molecule has 0 atom stereocenters. The minimum atomic E-state index is -3.73. The average Bonchev–Trinajstić information content (AvgIpc) is 2.42. The molecule has 0 heterocycles. The van der Waals surface area contributed by atoms with Crippen molar-refractivity contribution in [3.05, 3.63) is 35.9 Å². The Balaban J connectivity index is 3.25. The zero-order valence-electron chi connectivity index (χ0n) is 12.4. The van der Waals surface area contributed by atoms with Crippen LogP contribution in [0.15, 0.2) is 35.2 Å². The van der Waals surface area contributed by atoms with Crippen LogP contribution < -0.4 is 5.73 Å². The SMILES string of the molecule is C=C(C)CN(CC)S(=O)(=O)c1ccc(C(=O)OC)cc1N. The molecule has 7 heteroatoms. The smallest absolute Gasteiger partial charge is 0.337 e. The first-order chi connectivity index (χ1) is 9.73. The van der Waals surface area contributed by atoms with Crippen LogP contribution in [0.3, 0.4) is 0 Å². The van der Waals surface area contributed by atoms with E-state index < -0.39 is 16.0 Å². The molecular weight excluding hydrogens is 292 g/mol. The fourth-order valence-electron chi connectivity index (χ4n) is 1.84. The highest BCUT2D eigenvalue weighted by atomic mass is 32.2. The number of nitrogens with zero attached hydrogens (tertiary/aromatic N) is 1. The molecular formula is C14H20N2O4S. The van der Waals surface area contributed by atoms with Crippen molar-refractivity contribution in [2.75, 3.05) is 25.9 Å². The van der Waals surface area contributed by atoms with Gasteiger partial charge in [-0.1, -0.05) is 19.1 Å². The molecule has 0 bridgehead atoms. The Labute approximate surface area is 125 Å². The molecule has 0 radical (unpaired) electrons. The van der Waals surface area contributed by atoms with Gasteiger partial charge in [0.2, 0.25) is 10.0 Å². The van der Waals surface area contributed by atoms with Gasteiger partial charge in [0.15, 0.2) is 0 Å². The summed E-state index contributed by atoms with van der Waals surface area (Å²) in [6.07, 6.45) is 0. The number of methoxy groups -OCH3 is 1. The zero-order chi connectivity index (χ0) is 16.2. The van der Waals surface area contributed by atoms with E-state index in [1.54, 1.807) is 13.8 Å². The number of anilines is 1. The largest absolute Gasteiger partial charge is 0.465 e. The highest BCUT2D eigenvalue weighted by Gasteiger charge is 2.25. The zero-order valence-corrected chi connectivity index (χ0v) is 13.2. The maximum absolute atomic E-state index is 12.6. The van der Waals surface area contributed by atoms with E-state index in [2.05, 4.69) is 11.3 Å². The molecule has 0 aliphatic carbocycles. The van der Waals surface area contributed by atoms with Crippen LogP contribution in [0.2, 0.25) is 0 Å². The number of nitrogen functional groups attached to an aromatic ring is 1. The lowest BCUT2D eigenvalue weighted by Crippen LogP contribution is -2.32. The van der Waals surface area contributed by atoms with E-state index in [1.165, 1.54) is 29.6 Å². The number of rotatable bonds is 6. The summed E-state index contributed by atoms with van der Waals surface area (Å²) in [5.74, 6) is -0.570. The summed E-state index contributed by atoms with van der Waals surface area (Å²) in [7, 11) is -2.49. The van der Waals surface area contributed by atoms with E-state index in [-0.39, 0.29) is 22.7 Å². The van der Waals surface area contributed by atoms with Gasteiger partial charge in [0.1, 0.15) is 4.90 Å². The molecule has 0 aliphatic rings. The van der Waals surface area contributed by atoms with E-state index in [9.17, 15) is 13.2 Å². The summed E-state index contributed by atoms with van der Waals surface area (Å²) in [5.41, 5.74) is 6.73. The van der Waals surface area contributed by atoms with Crippen molar-refractivity contribution < 1.29 is 17.9 Å². The third-order valence-corrected chi connectivity index (χ3v) is 4.84. The van der Waals surface area contributed by atoms with Gasteiger partial charge in [0.05, 0.1) is 18.4 Å². The second-order valence-corrected chi connectivity index (χ2v) is 6.54. The Hall–Kier alpha value is -1.86. The van der Waals surface area contributed by atoms with Crippen LogP contribution in [0, 0.1) is 0 Å². The lowest BCUT2D eigenvalue weighted by atomic mass is 10.2. The molecule has 0 fully saturated rings. The van der Waals surface area contributed by atoms with Crippen molar-refractivity contribution in [3.8, 4) is 0 Å². The van der Waals surface area contributed by atoms with Crippen LogP contribution in [0.5, 0.6) is 0 Å². The fourth-order valence-corrected chi connectivity index (χ4v) is 3.44. The number of benzene rings is 1. The molecule has 1 aromatic carbocycles.